The zero-order valence-electron chi connectivity index (χ0n) is 17.0. The van der Waals surface area contributed by atoms with Gasteiger partial charge in [-0.1, -0.05) is 28.1 Å². The molecule has 2 aliphatic heterocycles. The maximum absolute atomic E-state index is 13.0. The summed E-state index contributed by atoms with van der Waals surface area (Å²) in [7, 11) is -3.96. The van der Waals surface area contributed by atoms with E-state index in [1.165, 1.54) is 19.2 Å². The van der Waals surface area contributed by atoms with Crippen LogP contribution in [0.2, 0.25) is 0 Å². The monoisotopic (exact) mass is 531 g/mol. The van der Waals surface area contributed by atoms with Crippen LogP contribution in [0, 0.1) is 0 Å². The summed E-state index contributed by atoms with van der Waals surface area (Å²) in [5.41, 5.74) is 3.68. The van der Waals surface area contributed by atoms with Crippen LogP contribution < -0.4 is 11.4 Å². The number of ether oxygens (including phenoxy) is 1. The number of nitrogens with two attached hydrogens (primary N) is 1. The van der Waals surface area contributed by atoms with Crippen LogP contribution in [-0.2, 0) is 22.9 Å². The van der Waals surface area contributed by atoms with Gasteiger partial charge in [0.05, 0.1) is 19.3 Å². The van der Waals surface area contributed by atoms with E-state index in [2.05, 4.69) is 20.9 Å². The van der Waals surface area contributed by atoms with Crippen LogP contribution in [0.25, 0.3) is 0 Å². The van der Waals surface area contributed by atoms with Crippen LogP contribution in [0.4, 0.5) is 5.82 Å². The number of phosphoric ester groups is 1. The molecule has 0 aliphatic carbocycles. The lowest BCUT2D eigenvalue weighted by atomic mass is 9.96. The van der Waals surface area contributed by atoms with Crippen molar-refractivity contribution in [3.8, 4) is 0 Å². The van der Waals surface area contributed by atoms with Crippen LogP contribution >= 0.6 is 23.8 Å². The van der Waals surface area contributed by atoms with E-state index >= 15 is 0 Å². The van der Waals surface area contributed by atoms with Gasteiger partial charge in [-0.05, 0) is 30.7 Å². The molecule has 174 valence electrons. The average molecular weight is 532 g/mol. The lowest BCUT2D eigenvalue weighted by Crippen LogP contribution is -2.46. The quantitative estimate of drug-likeness (QED) is 0.487. The number of hydrogen-bond acceptors (Lipinski definition) is 10. The average Bonchev–Trinajstić information content (AvgIpc) is 2.96. The molecule has 2 aromatic rings. The van der Waals surface area contributed by atoms with Crippen LogP contribution in [0.1, 0.15) is 31.2 Å². The number of aromatic nitrogens is 2. The minimum absolute atomic E-state index is 0.00835. The van der Waals surface area contributed by atoms with Crippen LogP contribution in [-0.4, -0.2) is 50.8 Å². The smallest absolute Gasteiger partial charge is 0.387 e. The van der Waals surface area contributed by atoms with Crippen molar-refractivity contribution >= 4 is 29.6 Å². The highest BCUT2D eigenvalue weighted by molar-refractivity contribution is 9.10. The molecular formula is C19H23BrN3O8P. The molecule has 2 fully saturated rings. The minimum Gasteiger partial charge on any atom is -0.387 e. The summed E-state index contributed by atoms with van der Waals surface area (Å²) >= 11 is 3.39. The van der Waals surface area contributed by atoms with Gasteiger partial charge in [0.2, 0.25) is 0 Å². The van der Waals surface area contributed by atoms with E-state index < -0.39 is 50.3 Å². The second-order valence-electron chi connectivity index (χ2n) is 7.75. The number of phosphoric acid groups is 1. The zero-order chi connectivity index (χ0) is 23.1. The Bertz CT molecular complexity index is 1100. The van der Waals surface area contributed by atoms with Gasteiger partial charge in [-0.3, -0.25) is 18.1 Å². The highest BCUT2D eigenvalue weighted by Gasteiger charge is 2.54. The number of aliphatic hydroxyl groups excluding tert-OH is 1. The number of aliphatic hydroxyl groups is 2. The minimum atomic E-state index is -3.96. The van der Waals surface area contributed by atoms with E-state index in [1.54, 1.807) is 0 Å². The third-order valence-electron chi connectivity index (χ3n) is 5.36. The molecule has 1 aromatic heterocycles. The van der Waals surface area contributed by atoms with Gasteiger partial charge < -0.3 is 20.7 Å². The Morgan fingerprint density at radius 2 is 2.22 bits per heavy atom. The Morgan fingerprint density at radius 1 is 1.44 bits per heavy atom. The zero-order valence-corrected chi connectivity index (χ0v) is 19.5. The van der Waals surface area contributed by atoms with Crippen molar-refractivity contribution in [1.29, 1.82) is 0 Å². The van der Waals surface area contributed by atoms with E-state index in [0.717, 1.165) is 14.6 Å². The Kier molecular flexibility index (Phi) is 6.59. The first-order valence-corrected chi connectivity index (χ1v) is 12.1. The van der Waals surface area contributed by atoms with Crippen LogP contribution in [0.5, 0.6) is 0 Å². The first-order valence-electron chi connectivity index (χ1n) is 9.82. The summed E-state index contributed by atoms with van der Waals surface area (Å²) in [4.78, 5) is 15.8. The number of halogens is 1. The highest BCUT2D eigenvalue weighted by Crippen LogP contribution is 2.57. The van der Waals surface area contributed by atoms with Crippen molar-refractivity contribution in [3.63, 3.8) is 0 Å². The largest absolute Gasteiger partial charge is 0.475 e. The number of nitrogens with zero attached hydrogens (tertiary/aromatic N) is 2. The maximum Gasteiger partial charge on any atom is 0.475 e. The molecule has 0 amide bonds. The fourth-order valence-electron chi connectivity index (χ4n) is 3.66. The SMILES string of the molecule is C[C@@]1(O)[C@H](O)[C@@H](COP2(=O)OCCC(c3cccc(Br)c3)O2)O[C@H]1n1ccc(N)nc1=O. The van der Waals surface area contributed by atoms with E-state index in [-0.39, 0.29) is 12.4 Å². The number of benzene rings is 1. The predicted octanol–water partition coefficient (Wildman–Crippen LogP) is 1.90. The maximum atomic E-state index is 13.0. The van der Waals surface area contributed by atoms with Crippen LogP contribution in [0.3, 0.4) is 0 Å². The molecule has 0 radical (unpaired) electrons. The molecule has 0 bridgehead atoms. The molecule has 32 heavy (non-hydrogen) atoms. The second-order valence-corrected chi connectivity index (χ2v) is 10.3. The Labute approximate surface area is 191 Å². The number of hydrogen-bond donors (Lipinski definition) is 3. The van der Waals surface area contributed by atoms with Gasteiger partial charge in [0.25, 0.3) is 0 Å². The van der Waals surface area contributed by atoms with Crippen molar-refractivity contribution in [2.75, 3.05) is 18.9 Å². The molecule has 2 aliphatic rings. The first-order chi connectivity index (χ1) is 15.1. The molecule has 4 N–H and O–H groups in total. The lowest BCUT2D eigenvalue weighted by Gasteiger charge is -2.30. The molecule has 11 nitrogen and oxygen atoms in total. The third-order valence-corrected chi connectivity index (χ3v) is 7.33. The van der Waals surface area contributed by atoms with Crippen molar-refractivity contribution in [2.24, 2.45) is 0 Å². The second kappa shape index (κ2) is 8.96. The van der Waals surface area contributed by atoms with Gasteiger partial charge in [0, 0.05) is 17.1 Å². The molecule has 0 spiro atoms. The highest BCUT2D eigenvalue weighted by atomic mass is 79.9. The molecule has 6 atom stereocenters. The van der Waals surface area contributed by atoms with E-state index in [4.69, 9.17) is 24.0 Å². The van der Waals surface area contributed by atoms with Gasteiger partial charge in [-0.25, -0.2) is 9.36 Å². The van der Waals surface area contributed by atoms with E-state index in [1.807, 2.05) is 24.3 Å². The molecule has 1 aromatic carbocycles. The fraction of sp³-hybridized carbons (Fsp3) is 0.474. The number of nitrogen functional groups attached to an aromatic ring is 1. The van der Waals surface area contributed by atoms with E-state index in [0.29, 0.717) is 6.42 Å². The van der Waals surface area contributed by atoms with Gasteiger partial charge in [-0.15, -0.1) is 0 Å². The predicted molar refractivity (Wildman–Crippen MR) is 116 cm³/mol. The molecule has 4 rings (SSSR count). The van der Waals surface area contributed by atoms with Gasteiger partial charge in [0.15, 0.2) is 6.23 Å². The number of rotatable bonds is 5. The fourth-order valence-corrected chi connectivity index (χ4v) is 5.47. The third kappa shape index (κ3) is 4.68. The first kappa shape index (κ1) is 23.5. The standard InChI is InChI=1S/C19H23BrN3O8P/c1-19(26)16(24)14(30-17(19)23-7-5-15(21)22-18(23)25)10-29-32(27)28-8-6-13(31-32)11-3-2-4-12(20)9-11/h2-5,7,9,13-14,16-17,24,26H,6,8,10H2,1H3,(H2,21,22,25)/t13?,14-,16-,17-,19-,32?/m1/s1. The summed E-state index contributed by atoms with van der Waals surface area (Å²) in [6, 6.07) is 8.76. The lowest BCUT2D eigenvalue weighted by molar-refractivity contribution is -0.0989. The molecular weight excluding hydrogens is 509 g/mol. The normalized spacial score (nSPS) is 35.1. The van der Waals surface area contributed by atoms with Crippen molar-refractivity contribution in [1.82, 2.24) is 9.55 Å². The van der Waals surface area contributed by atoms with Crippen LogP contribution in [0.15, 0.2) is 45.8 Å². The van der Waals surface area contributed by atoms with Gasteiger partial charge in [0.1, 0.15) is 23.6 Å². The number of anilines is 1. The Hall–Kier alpha value is -1.63. The van der Waals surface area contributed by atoms with Crippen molar-refractivity contribution < 1.29 is 33.1 Å². The molecule has 2 saturated heterocycles. The Morgan fingerprint density at radius 3 is 2.94 bits per heavy atom. The van der Waals surface area contributed by atoms with E-state index in [9.17, 15) is 19.6 Å². The topological polar surface area (TPSA) is 155 Å². The summed E-state index contributed by atoms with van der Waals surface area (Å²) in [6.45, 7) is 1.05. The van der Waals surface area contributed by atoms with Crippen molar-refractivity contribution in [2.45, 2.75) is 43.5 Å². The van der Waals surface area contributed by atoms with Gasteiger partial charge >= 0.3 is 13.5 Å². The molecule has 2 unspecified atom stereocenters. The van der Waals surface area contributed by atoms with Crippen molar-refractivity contribution in [3.05, 3.63) is 57.0 Å². The molecule has 0 saturated carbocycles. The molecule has 3 heterocycles. The van der Waals surface area contributed by atoms with Gasteiger partial charge in [-0.2, -0.15) is 4.98 Å². The summed E-state index contributed by atoms with van der Waals surface area (Å²) in [5.74, 6) is 0.00835. The Balaban J connectivity index is 1.46. The summed E-state index contributed by atoms with van der Waals surface area (Å²) in [6.07, 6.45) is -2.57. The summed E-state index contributed by atoms with van der Waals surface area (Å²) in [5, 5.41) is 21.3. The summed E-state index contributed by atoms with van der Waals surface area (Å²) < 4.78 is 36.8. The molecule has 13 heteroatoms.